The van der Waals surface area contributed by atoms with Gasteiger partial charge in [0.25, 0.3) is 0 Å². The van der Waals surface area contributed by atoms with Gasteiger partial charge >= 0.3 is 12.0 Å². The molecule has 0 bridgehead atoms. The number of rotatable bonds is 9. The Hall–Kier alpha value is -2.24. The second kappa shape index (κ2) is 9.65. The van der Waals surface area contributed by atoms with Crippen molar-refractivity contribution in [1.29, 1.82) is 0 Å². The van der Waals surface area contributed by atoms with Crippen LogP contribution in [-0.4, -0.2) is 48.8 Å². The summed E-state index contributed by atoms with van der Waals surface area (Å²) in [5.41, 5.74) is 1.09. The Bertz CT molecular complexity index is 491. The molecule has 1 rings (SSSR count). The summed E-state index contributed by atoms with van der Waals surface area (Å²) >= 11 is 0. The van der Waals surface area contributed by atoms with E-state index in [0.717, 1.165) is 17.7 Å². The van der Waals surface area contributed by atoms with Crippen molar-refractivity contribution in [2.75, 3.05) is 26.7 Å². The molecule has 0 fully saturated rings. The molecule has 0 saturated heterocycles. The lowest BCUT2D eigenvalue weighted by Crippen LogP contribution is -2.39. The highest BCUT2D eigenvalue weighted by atomic mass is 16.5. The number of ether oxygens (including phenoxy) is 1. The Kier molecular flexibility index (Phi) is 7.81. The lowest BCUT2D eigenvalue weighted by atomic mass is 10.1. The third-order valence-electron chi connectivity index (χ3n) is 3.07. The number of urea groups is 1. The second-order valence-electron chi connectivity index (χ2n) is 5.04. The Morgan fingerprint density at radius 3 is 2.82 bits per heavy atom. The molecule has 0 unspecified atom stereocenters. The molecule has 2 N–H and O–H groups in total. The summed E-state index contributed by atoms with van der Waals surface area (Å²) in [4.78, 5) is 23.6. The van der Waals surface area contributed by atoms with E-state index in [2.05, 4.69) is 12.2 Å². The number of hydrogen-bond donors (Lipinski definition) is 2. The summed E-state index contributed by atoms with van der Waals surface area (Å²) in [5, 5.41) is 11.4. The fraction of sp³-hybridized carbons (Fsp3) is 0.500. The Morgan fingerprint density at radius 2 is 2.14 bits per heavy atom. The maximum Gasteiger partial charge on any atom is 0.317 e. The van der Waals surface area contributed by atoms with Gasteiger partial charge in [-0.2, -0.15) is 0 Å². The maximum absolute atomic E-state index is 11.8. The van der Waals surface area contributed by atoms with Gasteiger partial charge in [0.05, 0.1) is 13.0 Å². The molecule has 0 spiro atoms. The molecule has 0 aliphatic heterocycles. The van der Waals surface area contributed by atoms with Gasteiger partial charge in [-0.1, -0.05) is 19.1 Å². The molecule has 2 amide bonds. The first-order chi connectivity index (χ1) is 10.5. The van der Waals surface area contributed by atoms with Gasteiger partial charge in [0.2, 0.25) is 0 Å². The van der Waals surface area contributed by atoms with E-state index in [1.807, 2.05) is 24.3 Å². The van der Waals surface area contributed by atoms with Gasteiger partial charge in [-0.15, -0.1) is 0 Å². The minimum Gasteiger partial charge on any atom is -0.494 e. The lowest BCUT2D eigenvalue weighted by molar-refractivity contribution is -0.137. The van der Waals surface area contributed by atoms with Crippen LogP contribution in [-0.2, 0) is 11.2 Å². The fourth-order valence-electron chi connectivity index (χ4n) is 1.82. The molecule has 6 heteroatoms. The number of benzene rings is 1. The quantitative estimate of drug-likeness (QED) is 0.732. The van der Waals surface area contributed by atoms with E-state index in [1.54, 1.807) is 7.05 Å². The highest BCUT2D eigenvalue weighted by Crippen LogP contribution is 2.13. The minimum absolute atomic E-state index is 0.0548. The van der Waals surface area contributed by atoms with Crippen LogP contribution in [0.15, 0.2) is 24.3 Å². The third-order valence-corrected chi connectivity index (χ3v) is 3.07. The standard InChI is InChI=1S/C16H24N2O4/c1-3-11-22-14-6-4-5-13(12-14)7-9-17-16(21)18(2)10-8-15(19)20/h4-6,12H,3,7-11H2,1-2H3,(H,17,21)(H,19,20). The van der Waals surface area contributed by atoms with Crippen molar-refractivity contribution < 1.29 is 19.4 Å². The zero-order chi connectivity index (χ0) is 16.4. The topological polar surface area (TPSA) is 78.9 Å². The summed E-state index contributed by atoms with van der Waals surface area (Å²) in [6, 6.07) is 7.53. The first kappa shape index (κ1) is 17.8. The summed E-state index contributed by atoms with van der Waals surface area (Å²) in [7, 11) is 1.58. The number of nitrogens with zero attached hydrogens (tertiary/aromatic N) is 1. The first-order valence-corrected chi connectivity index (χ1v) is 7.45. The molecule has 122 valence electrons. The van der Waals surface area contributed by atoms with E-state index in [1.165, 1.54) is 4.90 Å². The highest BCUT2D eigenvalue weighted by Gasteiger charge is 2.09. The summed E-state index contributed by atoms with van der Waals surface area (Å²) in [6.07, 6.45) is 1.60. The van der Waals surface area contributed by atoms with Gasteiger partial charge in [0.15, 0.2) is 0 Å². The molecule has 1 aromatic rings. The van der Waals surface area contributed by atoms with Gasteiger partial charge in [0, 0.05) is 20.1 Å². The lowest BCUT2D eigenvalue weighted by Gasteiger charge is -2.17. The van der Waals surface area contributed by atoms with Crippen LogP contribution < -0.4 is 10.1 Å². The van der Waals surface area contributed by atoms with Crippen molar-refractivity contribution in [2.24, 2.45) is 0 Å². The van der Waals surface area contributed by atoms with Crippen molar-refractivity contribution in [3.63, 3.8) is 0 Å². The van der Waals surface area contributed by atoms with Crippen LogP contribution in [0.3, 0.4) is 0 Å². The smallest absolute Gasteiger partial charge is 0.317 e. The molecular weight excluding hydrogens is 284 g/mol. The molecule has 22 heavy (non-hydrogen) atoms. The van der Waals surface area contributed by atoms with Crippen LogP contribution in [0.5, 0.6) is 5.75 Å². The number of carbonyl (C=O) groups is 2. The molecule has 0 aromatic heterocycles. The Labute approximate surface area is 131 Å². The van der Waals surface area contributed by atoms with E-state index in [4.69, 9.17) is 9.84 Å². The summed E-state index contributed by atoms with van der Waals surface area (Å²) in [6.45, 7) is 3.43. The van der Waals surface area contributed by atoms with E-state index in [-0.39, 0.29) is 19.0 Å². The van der Waals surface area contributed by atoms with Crippen LogP contribution in [0.1, 0.15) is 25.3 Å². The molecule has 0 heterocycles. The molecule has 0 radical (unpaired) electrons. The average molecular weight is 308 g/mol. The molecular formula is C16H24N2O4. The molecule has 6 nitrogen and oxygen atoms in total. The third kappa shape index (κ3) is 6.97. The number of carboxylic acid groups (broad SMARTS) is 1. The van der Waals surface area contributed by atoms with Gasteiger partial charge in [0.1, 0.15) is 5.75 Å². The van der Waals surface area contributed by atoms with Gasteiger partial charge in [-0.25, -0.2) is 4.79 Å². The monoisotopic (exact) mass is 308 g/mol. The van der Waals surface area contributed by atoms with Gasteiger partial charge < -0.3 is 20.1 Å². The van der Waals surface area contributed by atoms with Crippen molar-refractivity contribution >= 4 is 12.0 Å². The van der Waals surface area contributed by atoms with Crippen LogP contribution in [0.2, 0.25) is 0 Å². The average Bonchev–Trinajstić information content (AvgIpc) is 2.50. The van der Waals surface area contributed by atoms with E-state index in [0.29, 0.717) is 19.6 Å². The highest BCUT2D eigenvalue weighted by molar-refractivity contribution is 5.74. The van der Waals surface area contributed by atoms with Gasteiger partial charge in [-0.3, -0.25) is 4.79 Å². The number of nitrogens with one attached hydrogen (secondary N) is 1. The van der Waals surface area contributed by atoms with E-state index in [9.17, 15) is 9.59 Å². The molecule has 1 aromatic carbocycles. The normalized spacial score (nSPS) is 10.1. The fourth-order valence-corrected chi connectivity index (χ4v) is 1.82. The van der Waals surface area contributed by atoms with Crippen LogP contribution >= 0.6 is 0 Å². The van der Waals surface area contributed by atoms with Crippen molar-refractivity contribution in [1.82, 2.24) is 10.2 Å². The van der Waals surface area contributed by atoms with Gasteiger partial charge in [-0.05, 0) is 30.5 Å². The zero-order valence-electron chi connectivity index (χ0n) is 13.2. The van der Waals surface area contributed by atoms with Crippen molar-refractivity contribution in [2.45, 2.75) is 26.2 Å². The number of aliphatic carboxylic acids is 1. The molecule has 0 aliphatic rings. The zero-order valence-corrected chi connectivity index (χ0v) is 13.2. The summed E-state index contributed by atoms with van der Waals surface area (Å²) in [5.74, 6) is -0.0761. The van der Waals surface area contributed by atoms with E-state index >= 15 is 0 Å². The number of carbonyl (C=O) groups excluding carboxylic acids is 1. The van der Waals surface area contributed by atoms with E-state index < -0.39 is 5.97 Å². The molecule has 0 saturated carbocycles. The minimum atomic E-state index is -0.913. The number of amides is 2. The predicted molar refractivity (Wildman–Crippen MR) is 84.2 cm³/mol. The van der Waals surface area contributed by atoms with Crippen molar-refractivity contribution in [3.05, 3.63) is 29.8 Å². The number of carboxylic acids is 1. The van der Waals surface area contributed by atoms with Crippen LogP contribution in [0.25, 0.3) is 0 Å². The Balaban J connectivity index is 2.34. The maximum atomic E-state index is 11.8. The van der Waals surface area contributed by atoms with Crippen molar-refractivity contribution in [3.8, 4) is 5.75 Å². The SMILES string of the molecule is CCCOc1cccc(CCNC(=O)N(C)CCC(=O)O)c1. The summed E-state index contributed by atoms with van der Waals surface area (Å²) < 4.78 is 5.56. The number of hydrogen-bond acceptors (Lipinski definition) is 3. The first-order valence-electron chi connectivity index (χ1n) is 7.45. The van der Waals surface area contributed by atoms with Crippen LogP contribution in [0.4, 0.5) is 4.79 Å². The second-order valence-corrected chi connectivity index (χ2v) is 5.04. The predicted octanol–water partition coefficient (Wildman–Crippen LogP) is 2.13. The van der Waals surface area contributed by atoms with Crippen LogP contribution in [0, 0.1) is 0 Å². The molecule has 0 aliphatic carbocycles. The Morgan fingerprint density at radius 1 is 1.36 bits per heavy atom. The molecule has 0 atom stereocenters. The largest absolute Gasteiger partial charge is 0.494 e.